The molecule has 1 heterocycles. The first-order valence-corrected chi connectivity index (χ1v) is 7.94. The molecule has 1 aromatic heterocycles. The van der Waals surface area contributed by atoms with Crippen molar-refractivity contribution in [1.82, 2.24) is 10.3 Å². The quantitative estimate of drug-likeness (QED) is 0.792. The number of carboxylic acids is 1. The number of rotatable bonds is 4. The first-order valence-electron chi connectivity index (χ1n) is 6.77. The number of hydrogen-bond donors (Lipinski definition) is 2. The predicted octanol–water partition coefficient (Wildman–Crippen LogP) is 3.26. The maximum absolute atomic E-state index is 12.2. The summed E-state index contributed by atoms with van der Waals surface area (Å²) < 4.78 is 0.641. The molecular weight excluding hydrogens is 360 g/mol. The number of halogens is 2. The fourth-order valence-corrected chi connectivity index (χ4v) is 3.14. The number of carbonyl (C=O) groups is 2. The van der Waals surface area contributed by atoms with Crippen LogP contribution in [0.1, 0.15) is 42.5 Å². The highest BCUT2D eigenvalue weighted by molar-refractivity contribution is 9.10. The molecule has 0 radical (unpaired) electrons. The van der Waals surface area contributed by atoms with Gasteiger partial charge in [0.05, 0.1) is 11.0 Å². The Balaban J connectivity index is 2.08. The van der Waals surface area contributed by atoms with E-state index >= 15 is 0 Å². The lowest BCUT2D eigenvalue weighted by Crippen LogP contribution is -2.44. The third-order valence-electron chi connectivity index (χ3n) is 3.90. The number of aliphatic carboxylic acids is 1. The second-order valence-corrected chi connectivity index (χ2v) is 6.59. The van der Waals surface area contributed by atoms with E-state index < -0.39 is 17.3 Å². The second-order valence-electron chi connectivity index (χ2n) is 5.32. The molecule has 7 heteroatoms. The first kappa shape index (κ1) is 16.2. The number of amides is 1. The van der Waals surface area contributed by atoms with Crippen LogP contribution in [-0.2, 0) is 4.79 Å². The minimum Gasteiger partial charge on any atom is -0.481 e. The van der Waals surface area contributed by atoms with Gasteiger partial charge in [-0.05, 0) is 34.8 Å². The maximum atomic E-state index is 12.2. The fraction of sp³-hybridized carbons (Fsp3) is 0.500. The smallest absolute Gasteiger partial charge is 0.311 e. The molecule has 0 unspecified atom stereocenters. The topological polar surface area (TPSA) is 79.3 Å². The lowest BCUT2D eigenvalue weighted by atomic mass is 9.74. The van der Waals surface area contributed by atoms with Crippen LogP contribution < -0.4 is 5.32 Å². The molecule has 0 saturated heterocycles. The number of pyridine rings is 1. The van der Waals surface area contributed by atoms with E-state index in [1.807, 2.05) is 0 Å². The molecule has 1 aromatic rings. The summed E-state index contributed by atoms with van der Waals surface area (Å²) in [7, 11) is 0. The van der Waals surface area contributed by atoms with Gasteiger partial charge in [-0.25, -0.2) is 4.98 Å². The van der Waals surface area contributed by atoms with Crippen molar-refractivity contribution in [3.05, 3.63) is 27.5 Å². The summed E-state index contributed by atoms with van der Waals surface area (Å²) >= 11 is 9.13. The summed E-state index contributed by atoms with van der Waals surface area (Å²) in [5.74, 6) is -1.25. The molecule has 1 saturated carbocycles. The van der Waals surface area contributed by atoms with Crippen molar-refractivity contribution in [3.63, 3.8) is 0 Å². The van der Waals surface area contributed by atoms with Crippen LogP contribution in [0.3, 0.4) is 0 Å². The standard InChI is InChI=1S/C14H16BrClN2O3/c15-9-6-10(11(16)17-7-9)12(19)18-8-14(13(20)21)4-2-1-3-5-14/h6-7H,1-5,8H2,(H,18,19)(H,20,21). The van der Waals surface area contributed by atoms with Gasteiger partial charge in [0.15, 0.2) is 0 Å². The van der Waals surface area contributed by atoms with Crippen molar-refractivity contribution < 1.29 is 14.7 Å². The van der Waals surface area contributed by atoms with Crippen molar-refractivity contribution in [2.24, 2.45) is 5.41 Å². The van der Waals surface area contributed by atoms with Gasteiger partial charge in [0.2, 0.25) is 0 Å². The Labute approximate surface area is 136 Å². The van der Waals surface area contributed by atoms with E-state index in [-0.39, 0.29) is 17.3 Å². The molecule has 114 valence electrons. The Bertz CT molecular complexity index is 559. The largest absolute Gasteiger partial charge is 0.481 e. The van der Waals surface area contributed by atoms with Gasteiger partial charge in [0, 0.05) is 17.2 Å². The van der Waals surface area contributed by atoms with Crippen LogP contribution in [0.15, 0.2) is 16.7 Å². The van der Waals surface area contributed by atoms with Gasteiger partial charge in [-0.1, -0.05) is 30.9 Å². The van der Waals surface area contributed by atoms with Gasteiger partial charge < -0.3 is 10.4 Å². The number of carbonyl (C=O) groups excluding carboxylic acids is 1. The van der Waals surface area contributed by atoms with Gasteiger partial charge in [0.25, 0.3) is 5.91 Å². The third-order valence-corrected chi connectivity index (χ3v) is 4.64. The summed E-state index contributed by atoms with van der Waals surface area (Å²) in [6.07, 6.45) is 5.48. The molecule has 2 rings (SSSR count). The Morgan fingerprint density at radius 2 is 2.05 bits per heavy atom. The molecule has 21 heavy (non-hydrogen) atoms. The second kappa shape index (κ2) is 6.75. The Kier molecular flexibility index (Phi) is 5.22. The lowest BCUT2D eigenvalue weighted by Gasteiger charge is -2.33. The summed E-state index contributed by atoms with van der Waals surface area (Å²) in [6.45, 7) is 0.115. The van der Waals surface area contributed by atoms with Crippen molar-refractivity contribution in [1.29, 1.82) is 0 Å². The van der Waals surface area contributed by atoms with E-state index in [2.05, 4.69) is 26.2 Å². The van der Waals surface area contributed by atoms with Crippen molar-refractivity contribution >= 4 is 39.4 Å². The van der Waals surface area contributed by atoms with Crippen LogP contribution in [0.4, 0.5) is 0 Å². The van der Waals surface area contributed by atoms with Crippen molar-refractivity contribution in [3.8, 4) is 0 Å². The zero-order chi connectivity index (χ0) is 15.5. The number of nitrogens with zero attached hydrogens (tertiary/aromatic N) is 1. The predicted molar refractivity (Wildman–Crippen MR) is 82.4 cm³/mol. The highest BCUT2D eigenvalue weighted by Gasteiger charge is 2.39. The highest BCUT2D eigenvalue weighted by Crippen LogP contribution is 2.36. The molecule has 0 bridgehead atoms. The van der Waals surface area contributed by atoms with Gasteiger partial charge in [0.1, 0.15) is 5.15 Å². The zero-order valence-corrected chi connectivity index (χ0v) is 13.7. The molecule has 0 aromatic carbocycles. The summed E-state index contributed by atoms with van der Waals surface area (Å²) in [5, 5.41) is 12.3. The number of aromatic nitrogens is 1. The van der Waals surface area contributed by atoms with Gasteiger partial charge in [-0.2, -0.15) is 0 Å². The molecule has 5 nitrogen and oxygen atoms in total. The van der Waals surface area contributed by atoms with Gasteiger partial charge in [-0.15, -0.1) is 0 Å². The number of hydrogen-bond acceptors (Lipinski definition) is 3. The van der Waals surface area contributed by atoms with E-state index in [4.69, 9.17) is 11.6 Å². The van der Waals surface area contributed by atoms with E-state index in [0.717, 1.165) is 19.3 Å². The summed E-state index contributed by atoms with van der Waals surface area (Å²) in [4.78, 5) is 27.6. The molecule has 1 fully saturated rings. The van der Waals surface area contributed by atoms with Crippen LogP contribution in [0.2, 0.25) is 5.15 Å². The van der Waals surface area contributed by atoms with Crippen LogP contribution in [0.5, 0.6) is 0 Å². The van der Waals surface area contributed by atoms with Crippen LogP contribution >= 0.6 is 27.5 Å². The molecule has 0 atom stereocenters. The minimum absolute atomic E-state index is 0.101. The average Bonchev–Trinajstić information content (AvgIpc) is 2.48. The van der Waals surface area contributed by atoms with Crippen molar-refractivity contribution in [2.45, 2.75) is 32.1 Å². The third kappa shape index (κ3) is 3.74. The molecular formula is C14H16BrClN2O3. The fourth-order valence-electron chi connectivity index (χ4n) is 2.62. The molecule has 0 aliphatic heterocycles. The normalized spacial score (nSPS) is 17.2. The van der Waals surface area contributed by atoms with E-state index in [0.29, 0.717) is 17.3 Å². The summed E-state index contributed by atoms with van der Waals surface area (Å²) in [5.41, 5.74) is -0.623. The van der Waals surface area contributed by atoms with Crippen molar-refractivity contribution in [2.75, 3.05) is 6.54 Å². The zero-order valence-electron chi connectivity index (χ0n) is 11.4. The molecule has 1 aliphatic carbocycles. The van der Waals surface area contributed by atoms with Gasteiger partial charge >= 0.3 is 5.97 Å². The number of nitrogens with one attached hydrogen (secondary N) is 1. The Hall–Kier alpha value is -1.14. The van der Waals surface area contributed by atoms with Crippen LogP contribution in [0, 0.1) is 5.41 Å². The minimum atomic E-state index is -0.861. The molecule has 0 spiro atoms. The number of carboxylic acid groups (broad SMARTS) is 1. The van der Waals surface area contributed by atoms with E-state index in [1.165, 1.54) is 6.20 Å². The first-order chi connectivity index (χ1) is 9.94. The van der Waals surface area contributed by atoms with E-state index in [1.54, 1.807) is 6.07 Å². The SMILES string of the molecule is O=C(NCC1(C(=O)O)CCCCC1)c1cc(Br)cnc1Cl. The van der Waals surface area contributed by atoms with Crippen LogP contribution in [-0.4, -0.2) is 28.5 Å². The van der Waals surface area contributed by atoms with Crippen LogP contribution in [0.25, 0.3) is 0 Å². The molecule has 2 N–H and O–H groups in total. The monoisotopic (exact) mass is 374 g/mol. The average molecular weight is 376 g/mol. The highest BCUT2D eigenvalue weighted by atomic mass is 79.9. The molecule has 1 aliphatic rings. The Morgan fingerprint density at radius 1 is 1.38 bits per heavy atom. The summed E-state index contributed by atoms with van der Waals surface area (Å²) in [6, 6.07) is 1.57. The van der Waals surface area contributed by atoms with E-state index in [9.17, 15) is 14.7 Å². The van der Waals surface area contributed by atoms with Gasteiger partial charge in [-0.3, -0.25) is 9.59 Å². The Morgan fingerprint density at radius 3 is 2.67 bits per heavy atom. The lowest BCUT2D eigenvalue weighted by molar-refractivity contribution is -0.150. The maximum Gasteiger partial charge on any atom is 0.311 e. The molecule has 1 amide bonds.